The number of halogens is 1. The summed E-state index contributed by atoms with van der Waals surface area (Å²) in [5, 5.41) is 3.62. The Morgan fingerprint density at radius 2 is 1.76 bits per heavy atom. The van der Waals surface area contributed by atoms with Crippen LogP contribution in [0.2, 0.25) is 5.02 Å². The molecule has 0 radical (unpaired) electrons. The highest BCUT2D eigenvalue weighted by molar-refractivity contribution is 6.30. The molecular weight excluding hydrogens is 284 g/mol. The van der Waals surface area contributed by atoms with Gasteiger partial charge in [0.05, 0.1) is 0 Å². The van der Waals surface area contributed by atoms with Crippen molar-refractivity contribution in [1.82, 2.24) is 5.32 Å². The Hall–Kier alpha value is -2.00. The molecule has 3 N–H and O–H groups in total. The van der Waals surface area contributed by atoms with Gasteiger partial charge in [0.25, 0.3) is 0 Å². The summed E-state index contributed by atoms with van der Waals surface area (Å²) >= 11 is 5.83. The summed E-state index contributed by atoms with van der Waals surface area (Å²) < 4.78 is 0. The molecule has 110 valence electrons. The average molecular weight is 303 g/mol. The maximum atomic E-state index is 12.0. The fraction of sp³-hybridized carbons (Fsp3) is 0.235. The van der Waals surface area contributed by atoms with Crippen LogP contribution in [0.25, 0.3) is 0 Å². The maximum Gasteiger partial charge on any atom is 0.220 e. The van der Waals surface area contributed by atoms with E-state index in [1.807, 2.05) is 55.5 Å². The number of hydrogen-bond acceptors (Lipinski definition) is 2. The molecule has 2 rings (SSSR count). The highest BCUT2D eigenvalue weighted by atomic mass is 35.5. The number of carbonyl (C=O) groups is 1. The topological polar surface area (TPSA) is 55.1 Å². The molecule has 0 aliphatic heterocycles. The Morgan fingerprint density at radius 3 is 2.38 bits per heavy atom. The van der Waals surface area contributed by atoms with E-state index < -0.39 is 0 Å². The molecule has 1 unspecified atom stereocenters. The molecule has 0 saturated carbocycles. The second-order valence-corrected chi connectivity index (χ2v) is 5.61. The van der Waals surface area contributed by atoms with E-state index in [0.29, 0.717) is 18.0 Å². The van der Waals surface area contributed by atoms with Crippen molar-refractivity contribution in [3.8, 4) is 0 Å². The molecule has 1 atom stereocenters. The predicted octanol–water partition coefficient (Wildman–Crippen LogP) is 3.73. The van der Waals surface area contributed by atoms with E-state index in [1.54, 1.807) is 0 Å². The molecule has 0 bridgehead atoms. The minimum atomic E-state index is 0.0364. The van der Waals surface area contributed by atoms with Gasteiger partial charge in [-0.05, 0) is 41.3 Å². The zero-order valence-electron chi connectivity index (χ0n) is 12.0. The summed E-state index contributed by atoms with van der Waals surface area (Å²) in [6, 6.07) is 15.1. The Kier molecular flexibility index (Phi) is 5.23. The van der Waals surface area contributed by atoms with Crippen LogP contribution in [0.4, 0.5) is 5.69 Å². The molecular formula is C17H19ClN2O. The van der Waals surface area contributed by atoms with Crippen LogP contribution in [0.1, 0.15) is 30.4 Å². The van der Waals surface area contributed by atoms with Crippen molar-refractivity contribution in [2.75, 3.05) is 5.73 Å². The number of amides is 1. The molecule has 4 heteroatoms. The van der Waals surface area contributed by atoms with Gasteiger partial charge in [-0.3, -0.25) is 4.79 Å². The second-order valence-electron chi connectivity index (χ2n) is 5.18. The Bertz CT molecular complexity index is 593. The van der Waals surface area contributed by atoms with Crippen LogP contribution in [0, 0.1) is 0 Å². The minimum Gasteiger partial charge on any atom is -0.399 e. The van der Waals surface area contributed by atoms with Gasteiger partial charge in [0.15, 0.2) is 0 Å². The third kappa shape index (κ3) is 4.80. The number of nitrogens with two attached hydrogens (primary N) is 1. The number of benzene rings is 2. The van der Waals surface area contributed by atoms with Gasteiger partial charge in [0.2, 0.25) is 5.91 Å². The quantitative estimate of drug-likeness (QED) is 0.827. The van der Waals surface area contributed by atoms with Crippen molar-refractivity contribution in [2.45, 2.75) is 25.8 Å². The van der Waals surface area contributed by atoms with Gasteiger partial charge in [0.1, 0.15) is 0 Å². The monoisotopic (exact) mass is 302 g/mol. The van der Waals surface area contributed by atoms with Crippen LogP contribution in [0.3, 0.4) is 0 Å². The summed E-state index contributed by atoms with van der Waals surface area (Å²) in [6.45, 7) is 2.55. The van der Waals surface area contributed by atoms with Crippen molar-refractivity contribution in [1.29, 1.82) is 0 Å². The van der Waals surface area contributed by atoms with E-state index in [0.717, 1.165) is 16.8 Å². The molecule has 0 aromatic heterocycles. The molecule has 1 amide bonds. The smallest absolute Gasteiger partial charge is 0.220 e. The molecule has 0 heterocycles. The lowest BCUT2D eigenvalue weighted by atomic mass is 9.97. The van der Waals surface area contributed by atoms with Gasteiger partial charge in [-0.15, -0.1) is 0 Å². The number of carbonyl (C=O) groups excluding carboxylic acids is 1. The summed E-state index contributed by atoms with van der Waals surface area (Å²) in [4.78, 5) is 12.0. The van der Waals surface area contributed by atoms with Crippen molar-refractivity contribution >= 4 is 23.2 Å². The zero-order valence-corrected chi connectivity index (χ0v) is 12.7. The lowest BCUT2D eigenvalue weighted by Crippen LogP contribution is -2.24. The van der Waals surface area contributed by atoms with E-state index in [-0.39, 0.29) is 11.8 Å². The molecule has 0 saturated heterocycles. The van der Waals surface area contributed by atoms with Crippen LogP contribution in [-0.2, 0) is 11.3 Å². The van der Waals surface area contributed by atoms with E-state index in [1.165, 1.54) is 0 Å². The summed E-state index contributed by atoms with van der Waals surface area (Å²) in [6.07, 6.45) is 0.456. The highest BCUT2D eigenvalue weighted by Crippen LogP contribution is 2.20. The number of nitrogen functional groups attached to an aromatic ring is 1. The van der Waals surface area contributed by atoms with Crippen LogP contribution in [0.15, 0.2) is 48.5 Å². The summed E-state index contributed by atoms with van der Waals surface area (Å²) in [5.41, 5.74) is 8.55. The number of anilines is 1. The largest absolute Gasteiger partial charge is 0.399 e. The number of hydrogen-bond donors (Lipinski definition) is 2. The van der Waals surface area contributed by atoms with Crippen LogP contribution in [-0.4, -0.2) is 5.91 Å². The first-order chi connectivity index (χ1) is 10.0. The predicted molar refractivity (Wildman–Crippen MR) is 87.2 cm³/mol. The Balaban J connectivity index is 1.83. The van der Waals surface area contributed by atoms with Gasteiger partial charge in [-0.25, -0.2) is 0 Å². The van der Waals surface area contributed by atoms with Crippen LogP contribution >= 0.6 is 11.6 Å². The highest BCUT2D eigenvalue weighted by Gasteiger charge is 2.11. The third-order valence-corrected chi connectivity index (χ3v) is 3.65. The Morgan fingerprint density at radius 1 is 1.14 bits per heavy atom. The zero-order chi connectivity index (χ0) is 15.2. The molecule has 0 aliphatic rings. The van der Waals surface area contributed by atoms with E-state index in [4.69, 9.17) is 17.3 Å². The molecule has 3 nitrogen and oxygen atoms in total. The molecule has 0 spiro atoms. The normalized spacial score (nSPS) is 11.9. The first-order valence-electron chi connectivity index (χ1n) is 6.91. The minimum absolute atomic E-state index is 0.0364. The fourth-order valence-electron chi connectivity index (χ4n) is 2.10. The molecule has 21 heavy (non-hydrogen) atoms. The van der Waals surface area contributed by atoms with Gasteiger partial charge < -0.3 is 11.1 Å². The van der Waals surface area contributed by atoms with E-state index in [9.17, 15) is 4.79 Å². The molecule has 2 aromatic carbocycles. The SMILES string of the molecule is CC(CC(=O)NCc1ccc(Cl)cc1)c1ccc(N)cc1. The first-order valence-corrected chi connectivity index (χ1v) is 7.29. The van der Waals surface area contributed by atoms with Crippen LogP contribution < -0.4 is 11.1 Å². The molecule has 0 fully saturated rings. The van der Waals surface area contributed by atoms with Crippen molar-refractivity contribution in [3.05, 3.63) is 64.7 Å². The van der Waals surface area contributed by atoms with E-state index in [2.05, 4.69) is 5.32 Å². The van der Waals surface area contributed by atoms with Gasteiger partial charge in [0, 0.05) is 23.7 Å². The second kappa shape index (κ2) is 7.14. The van der Waals surface area contributed by atoms with Gasteiger partial charge >= 0.3 is 0 Å². The average Bonchev–Trinajstić information content (AvgIpc) is 2.47. The van der Waals surface area contributed by atoms with Gasteiger partial charge in [-0.2, -0.15) is 0 Å². The lowest BCUT2D eigenvalue weighted by Gasteiger charge is -2.12. The standard InChI is InChI=1S/C17H19ClN2O/c1-12(14-4-8-16(19)9-5-14)10-17(21)20-11-13-2-6-15(18)7-3-13/h2-9,12H,10-11,19H2,1H3,(H,20,21). The van der Waals surface area contributed by atoms with E-state index >= 15 is 0 Å². The lowest BCUT2D eigenvalue weighted by molar-refractivity contribution is -0.121. The molecule has 2 aromatic rings. The number of rotatable bonds is 5. The summed E-state index contributed by atoms with van der Waals surface area (Å²) in [5.74, 6) is 0.199. The van der Waals surface area contributed by atoms with Crippen molar-refractivity contribution < 1.29 is 4.79 Å². The number of nitrogens with one attached hydrogen (secondary N) is 1. The van der Waals surface area contributed by atoms with Crippen molar-refractivity contribution in [3.63, 3.8) is 0 Å². The first kappa shape index (κ1) is 15.4. The fourth-order valence-corrected chi connectivity index (χ4v) is 2.22. The van der Waals surface area contributed by atoms with Gasteiger partial charge in [-0.1, -0.05) is 42.8 Å². The Labute approximate surface area is 130 Å². The van der Waals surface area contributed by atoms with Crippen molar-refractivity contribution in [2.24, 2.45) is 0 Å². The third-order valence-electron chi connectivity index (χ3n) is 3.40. The summed E-state index contributed by atoms with van der Waals surface area (Å²) in [7, 11) is 0. The maximum absolute atomic E-state index is 12.0. The molecule has 0 aliphatic carbocycles. The van der Waals surface area contributed by atoms with Crippen LogP contribution in [0.5, 0.6) is 0 Å².